The predicted molar refractivity (Wildman–Crippen MR) is 89.5 cm³/mol. The first-order valence-corrected chi connectivity index (χ1v) is 8.42. The van der Waals surface area contributed by atoms with E-state index in [-0.39, 0.29) is 0 Å². The summed E-state index contributed by atoms with van der Waals surface area (Å²) >= 11 is 0. The number of piperidine rings is 1. The number of nitrogens with zero attached hydrogens (tertiary/aromatic N) is 2. The monoisotopic (exact) mass is 304 g/mol. The molecule has 4 nitrogen and oxygen atoms in total. The van der Waals surface area contributed by atoms with Crippen LogP contribution in [0.3, 0.4) is 0 Å². The number of rotatable bonds is 9. The molecule has 0 atom stereocenters. The first kappa shape index (κ1) is 17.0. The minimum Gasteiger partial charge on any atom is -0.411 e. The molecule has 122 valence electrons. The summed E-state index contributed by atoms with van der Waals surface area (Å²) in [5, 5.41) is 12.0. The van der Waals surface area contributed by atoms with Gasteiger partial charge in [-0.05, 0) is 24.9 Å². The molecule has 22 heavy (non-hydrogen) atoms. The van der Waals surface area contributed by atoms with Crippen LogP contribution in [-0.4, -0.2) is 42.1 Å². The lowest BCUT2D eigenvalue weighted by Crippen LogP contribution is -2.34. The standard InChI is InChI=1S/C18H28N2O2/c21-19-18-10-13-20(14-11-18)12-6-1-2-7-15-22-16-17-8-4-3-5-9-17/h3-5,8-9,21H,1-2,6-7,10-16H2. The van der Waals surface area contributed by atoms with Gasteiger partial charge in [-0.15, -0.1) is 0 Å². The van der Waals surface area contributed by atoms with Crippen LogP contribution >= 0.6 is 0 Å². The average Bonchev–Trinajstić information content (AvgIpc) is 2.59. The van der Waals surface area contributed by atoms with Gasteiger partial charge in [0.15, 0.2) is 0 Å². The lowest BCUT2D eigenvalue weighted by atomic mass is 10.1. The lowest BCUT2D eigenvalue weighted by Gasteiger charge is -2.26. The minimum absolute atomic E-state index is 0.726. The molecule has 4 heteroatoms. The van der Waals surface area contributed by atoms with Crippen LogP contribution in [0.5, 0.6) is 0 Å². The molecule has 0 spiro atoms. The molecular formula is C18H28N2O2. The van der Waals surface area contributed by atoms with Crippen LogP contribution in [0.4, 0.5) is 0 Å². The summed E-state index contributed by atoms with van der Waals surface area (Å²) in [5.41, 5.74) is 2.20. The van der Waals surface area contributed by atoms with Crippen LogP contribution in [0, 0.1) is 0 Å². The number of likely N-dealkylation sites (tertiary alicyclic amines) is 1. The molecule has 0 unspecified atom stereocenters. The van der Waals surface area contributed by atoms with Crippen molar-refractivity contribution < 1.29 is 9.94 Å². The Bertz CT molecular complexity index is 424. The molecule has 1 aliphatic heterocycles. The van der Waals surface area contributed by atoms with Gasteiger partial charge in [-0.1, -0.05) is 48.3 Å². The summed E-state index contributed by atoms with van der Waals surface area (Å²) in [6, 6.07) is 10.3. The zero-order valence-electron chi connectivity index (χ0n) is 13.4. The summed E-state index contributed by atoms with van der Waals surface area (Å²) in [4.78, 5) is 2.47. The van der Waals surface area contributed by atoms with Gasteiger partial charge in [-0.3, -0.25) is 0 Å². The quantitative estimate of drug-likeness (QED) is 0.430. The van der Waals surface area contributed by atoms with E-state index in [0.29, 0.717) is 0 Å². The minimum atomic E-state index is 0.726. The van der Waals surface area contributed by atoms with Crippen molar-refractivity contribution in [3.8, 4) is 0 Å². The van der Waals surface area contributed by atoms with Crippen molar-refractivity contribution in [3.63, 3.8) is 0 Å². The van der Waals surface area contributed by atoms with Gasteiger partial charge in [0.25, 0.3) is 0 Å². The van der Waals surface area contributed by atoms with Gasteiger partial charge in [0, 0.05) is 32.5 Å². The van der Waals surface area contributed by atoms with E-state index in [0.717, 1.165) is 51.3 Å². The molecule has 1 heterocycles. The topological polar surface area (TPSA) is 45.1 Å². The molecule has 0 saturated carbocycles. The number of hydrogen-bond acceptors (Lipinski definition) is 4. The van der Waals surface area contributed by atoms with E-state index in [1.807, 2.05) is 6.07 Å². The molecule has 0 amide bonds. The summed E-state index contributed by atoms with van der Waals surface area (Å²) in [7, 11) is 0. The number of hydrogen-bond donors (Lipinski definition) is 1. The van der Waals surface area contributed by atoms with Crippen LogP contribution in [-0.2, 0) is 11.3 Å². The molecule has 0 bridgehead atoms. The fraction of sp³-hybridized carbons (Fsp3) is 0.611. The number of oxime groups is 1. The second kappa shape index (κ2) is 10.4. The van der Waals surface area contributed by atoms with Crippen LogP contribution in [0.25, 0.3) is 0 Å². The Morgan fingerprint density at radius 3 is 2.45 bits per heavy atom. The highest BCUT2D eigenvalue weighted by molar-refractivity contribution is 5.84. The second-order valence-electron chi connectivity index (χ2n) is 5.96. The molecule has 1 saturated heterocycles. The molecule has 1 fully saturated rings. The van der Waals surface area contributed by atoms with Crippen molar-refractivity contribution in [2.75, 3.05) is 26.2 Å². The first-order chi connectivity index (χ1) is 10.9. The maximum Gasteiger partial charge on any atom is 0.0716 e. The largest absolute Gasteiger partial charge is 0.411 e. The molecule has 0 radical (unpaired) electrons. The van der Waals surface area contributed by atoms with Gasteiger partial charge in [0.2, 0.25) is 0 Å². The van der Waals surface area contributed by atoms with E-state index >= 15 is 0 Å². The Hall–Kier alpha value is -1.39. The van der Waals surface area contributed by atoms with Gasteiger partial charge in [-0.25, -0.2) is 0 Å². The highest BCUT2D eigenvalue weighted by Crippen LogP contribution is 2.10. The van der Waals surface area contributed by atoms with Crippen molar-refractivity contribution in [2.45, 2.75) is 45.1 Å². The van der Waals surface area contributed by atoms with E-state index in [9.17, 15) is 0 Å². The Morgan fingerprint density at radius 1 is 1.00 bits per heavy atom. The van der Waals surface area contributed by atoms with Gasteiger partial charge >= 0.3 is 0 Å². The van der Waals surface area contributed by atoms with Crippen LogP contribution in [0.1, 0.15) is 44.1 Å². The molecule has 0 aromatic heterocycles. The average molecular weight is 304 g/mol. The van der Waals surface area contributed by atoms with E-state index < -0.39 is 0 Å². The van der Waals surface area contributed by atoms with E-state index in [2.05, 4.69) is 34.3 Å². The Balaban J connectivity index is 1.40. The summed E-state index contributed by atoms with van der Waals surface area (Å²) in [5.74, 6) is 0. The Kier molecular flexibility index (Phi) is 7.99. The number of ether oxygens (including phenoxy) is 1. The van der Waals surface area contributed by atoms with E-state index in [1.165, 1.54) is 31.4 Å². The summed E-state index contributed by atoms with van der Waals surface area (Å²) in [6.45, 7) is 4.83. The first-order valence-electron chi connectivity index (χ1n) is 8.42. The van der Waals surface area contributed by atoms with E-state index in [4.69, 9.17) is 9.94 Å². The Labute approximate surface area is 133 Å². The molecule has 1 aromatic rings. The molecule has 1 aliphatic rings. The maximum absolute atomic E-state index is 8.72. The van der Waals surface area contributed by atoms with Crippen LogP contribution in [0.15, 0.2) is 35.5 Å². The molecule has 2 rings (SSSR count). The lowest BCUT2D eigenvalue weighted by molar-refractivity contribution is 0.116. The van der Waals surface area contributed by atoms with Crippen molar-refractivity contribution in [1.29, 1.82) is 0 Å². The zero-order chi connectivity index (χ0) is 15.5. The summed E-state index contributed by atoms with van der Waals surface area (Å²) in [6.07, 6.45) is 6.75. The third-order valence-corrected chi connectivity index (χ3v) is 4.20. The van der Waals surface area contributed by atoms with Crippen LogP contribution in [0.2, 0.25) is 0 Å². The van der Waals surface area contributed by atoms with Crippen LogP contribution < -0.4 is 0 Å². The van der Waals surface area contributed by atoms with Gasteiger partial charge < -0.3 is 14.8 Å². The third-order valence-electron chi connectivity index (χ3n) is 4.20. The van der Waals surface area contributed by atoms with Crippen molar-refractivity contribution in [1.82, 2.24) is 4.90 Å². The van der Waals surface area contributed by atoms with Gasteiger partial charge in [0.05, 0.1) is 12.3 Å². The maximum atomic E-state index is 8.72. The van der Waals surface area contributed by atoms with Gasteiger partial charge in [-0.2, -0.15) is 0 Å². The number of unbranched alkanes of at least 4 members (excludes halogenated alkanes) is 3. The van der Waals surface area contributed by atoms with E-state index in [1.54, 1.807) is 0 Å². The fourth-order valence-electron chi connectivity index (χ4n) is 2.79. The highest BCUT2D eigenvalue weighted by atomic mass is 16.5. The fourth-order valence-corrected chi connectivity index (χ4v) is 2.79. The molecular weight excluding hydrogens is 276 g/mol. The molecule has 0 aliphatic carbocycles. The SMILES string of the molecule is ON=C1CCN(CCCCCCOCc2ccccc2)CC1. The number of benzene rings is 1. The highest BCUT2D eigenvalue weighted by Gasteiger charge is 2.14. The molecule has 1 aromatic carbocycles. The second-order valence-corrected chi connectivity index (χ2v) is 5.96. The van der Waals surface area contributed by atoms with Crippen molar-refractivity contribution in [2.24, 2.45) is 5.16 Å². The zero-order valence-corrected chi connectivity index (χ0v) is 13.4. The van der Waals surface area contributed by atoms with Gasteiger partial charge in [0.1, 0.15) is 0 Å². The summed E-state index contributed by atoms with van der Waals surface area (Å²) < 4.78 is 5.69. The smallest absolute Gasteiger partial charge is 0.0716 e. The van der Waals surface area contributed by atoms with Crippen molar-refractivity contribution >= 4 is 5.71 Å². The van der Waals surface area contributed by atoms with Crippen molar-refractivity contribution in [3.05, 3.63) is 35.9 Å². The normalized spacial score (nSPS) is 15.9. The third kappa shape index (κ3) is 6.58. The Morgan fingerprint density at radius 2 is 1.73 bits per heavy atom. The predicted octanol–water partition coefficient (Wildman–Crippen LogP) is 3.69. The molecule has 1 N–H and O–H groups in total.